The maximum Gasteiger partial charge on any atom is 0.339 e. The Hall–Kier alpha value is -2.66. The molecule has 1 aromatic carbocycles. The van der Waals surface area contributed by atoms with Crippen LogP contribution in [0.1, 0.15) is 106 Å². The lowest BCUT2D eigenvalue weighted by Crippen LogP contribution is -2.77. The number of cyclic esters (lactones) is 1. The highest BCUT2D eigenvalue weighted by atomic mass is 16.6. The number of ether oxygens (including phenoxy) is 2. The third-order valence-electron chi connectivity index (χ3n) is 13.3. The van der Waals surface area contributed by atoms with Gasteiger partial charge >= 0.3 is 11.9 Å². The van der Waals surface area contributed by atoms with Crippen molar-refractivity contribution in [1.82, 2.24) is 0 Å². The van der Waals surface area contributed by atoms with Gasteiger partial charge in [-0.15, -0.1) is 0 Å². The van der Waals surface area contributed by atoms with Crippen LogP contribution in [-0.4, -0.2) is 18.5 Å². The molecule has 5 nitrogen and oxygen atoms in total. The molecule has 1 saturated heterocycles. The summed E-state index contributed by atoms with van der Waals surface area (Å²) in [5.74, 6) is 3.42. The second-order valence-electron chi connectivity index (χ2n) is 14.7. The monoisotopic (exact) mass is 581 g/mol. The Labute approximate surface area is 256 Å². The van der Waals surface area contributed by atoms with Crippen LogP contribution in [0.4, 0.5) is 0 Å². The van der Waals surface area contributed by atoms with Crippen molar-refractivity contribution in [3.05, 3.63) is 70.0 Å². The largest absolute Gasteiger partial charge is 0.449 e. The van der Waals surface area contributed by atoms with Crippen LogP contribution >= 0.6 is 0 Å². The fourth-order valence-corrected chi connectivity index (χ4v) is 11.9. The van der Waals surface area contributed by atoms with Gasteiger partial charge in [0, 0.05) is 17.4 Å². The molecule has 7 aliphatic rings. The summed E-state index contributed by atoms with van der Waals surface area (Å²) in [5.41, 5.74) is 9.19. The highest BCUT2D eigenvalue weighted by molar-refractivity contribution is 6.00. The smallest absolute Gasteiger partial charge is 0.339 e. The van der Waals surface area contributed by atoms with Crippen LogP contribution in [-0.2, 0) is 26.3 Å². The Kier molecular flexibility index (Phi) is 6.26. The van der Waals surface area contributed by atoms with Gasteiger partial charge in [-0.1, -0.05) is 75.1 Å². The summed E-state index contributed by atoms with van der Waals surface area (Å²) in [6.45, 7) is 7.42. The molecule has 2 saturated carbocycles. The predicted molar refractivity (Wildman–Crippen MR) is 166 cm³/mol. The van der Waals surface area contributed by atoms with Crippen molar-refractivity contribution in [2.75, 3.05) is 6.54 Å². The van der Waals surface area contributed by atoms with E-state index < -0.39 is 16.4 Å². The number of carbonyl (C=O) groups excluding carboxylic acids is 2. The summed E-state index contributed by atoms with van der Waals surface area (Å²) in [4.78, 5) is 28.9. The molecule has 3 fully saturated rings. The molecule has 8 rings (SSSR count). The van der Waals surface area contributed by atoms with Gasteiger partial charge in [-0.2, -0.15) is 0 Å². The third-order valence-corrected chi connectivity index (χ3v) is 13.3. The Bertz CT molecular complexity index is 1490. The lowest BCUT2D eigenvalue weighted by Gasteiger charge is -2.72. The maximum absolute atomic E-state index is 14.8. The first-order valence-corrected chi connectivity index (χ1v) is 17.3. The number of hydrogen-bond acceptors (Lipinski definition) is 5. The van der Waals surface area contributed by atoms with E-state index in [0.717, 1.165) is 80.2 Å². The zero-order valence-corrected chi connectivity index (χ0v) is 26.1. The Morgan fingerprint density at radius 3 is 2.77 bits per heavy atom. The van der Waals surface area contributed by atoms with E-state index in [9.17, 15) is 9.59 Å². The van der Waals surface area contributed by atoms with Gasteiger partial charge in [0.1, 0.15) is 11.2 Å². The molecule has 228 valence electrons. The normalized spacial score (nSPS) is 42.3. The molecule has 2 aliphatic heterocycles. The molecule has 5 aliphatic carbocycles. The molecule has 9 atom stereocenters. The van der Waals surface area contributed by atoms with Crippen molar-refractivity contribution in [3.63, 3.8) is 0 Å². The average molecular weight is 582 g/mol. The van der Waals surface area contributed by atoms with Crippen LogP contribution in [0.2, 0.25) is 0 Å². The van der Waals surface area contributed by atoms with E-state index in [-0.39, 0.29) is 17.9 Å². The first kappa shape index (κ1) is 27.9. The number of hydrogen-bond donors (Lipinski definition) is 1. The lowest BCUT2D eigenvalue weighted by molar-refractivity contribution is -0.278. The highest BCUT2D eigenvalue weighted by Gasteiger charge is 2.92. The quantitative estimate of drug-likeness (QED) is 0.266. The van der Waals surface area contributed by atoms with Crippen molar-refractivity contribution in [3.8, 4) is 0 Å². The summed E-state index contributed by atoms with van der Waals surface area (Å²) in [6.07, 6.45) is 17.5. The number of aryl methyl sites for hydroxylation is 1. The van der Waals surface area contributed by atoms with Crippen molar-refractivity contribution < 1.29 is 19.1 Å². The van der Waals surface area contributed by atoms with Gasteiger partial charge in [0.25, 0.3) is 0 Å². The van der Waals surface area contributed by atoms with Gasteiger partial charge < -0.3 is 15.2 Å². The Balaban J connectivity index is 1.38. The predicted octanol–water partition coefficient (Wildman–Crippen LogP) is 7.55. The second-order valence-corrected chi connectivity index (χ2v) is 14.7. The van der Waals surface area contributed by atoms with Crippen LogP contribution < -0.4 is 5.73 Å². The van der Waals surface area contributed by atoms with Gasteiger partial charge in [0.2, 0.25) is 0 Å². The third kappa shape index (κ3) is 3.09. The number of nitrogens with two attached hydrogens (primary N) is 1. The number of esters is 2. The van der Waals surface area contributed by atoms with Crippen LogP contribution in [0.5, 0.6) is 0 Å². The fourth-order valence-electron chi connectivity index (χ4n) is 11.9. The van der Waals surface area contributed by atoms with Gasteiger partial charge in [-0.25, -0.2) is 4.79 Å². The van der Waals surface area contributed by atoms with E-state index >= 15 is 0 Å². The molecule has 0 radical (unpaired) electrons. The van der Waals surface area contributed by atoms with Crippen LogP contribution in [0.15, 0.2) is 53.3 Å². The summed E-state index contributed by atoms with van der Waals surface area (Å²) in [5, 5.41) is 0. The van der Waals surface area contributed by atoms with Gasteiger partial charge in [-0.05, 0) is 99.6 Å². The maximum atomic E-state index is 14.8. The molecular formula is C38H47NO4. The topological polar surface area (TPSA) is 78.6 Å². The molecule has 2 bridgehead atoms. The average Bonchev–Trinajstić information content (AvgIpc) is 3.45. The Morgan fingerprint density at radius 1 is 1.12 bits per heavy atom. The molecule has 2 heterocycles. The van der Waals surface area contributed by atoms with Crippen molar-refractivity contribution in [2.45, 2.75) is 97.0 Å². The number of allylic oxidation sites excluding steroid dienone is 4. The minimum atomic E-state index is -0.886. The van der Waals surface area contributed by atoms with Crippen LogP contribution in [0.3, 0.4) is 0 Å². The molecule has 2 N–H and O–H groups in total. The van der Waals surface area contributed by atoms with Gasteiger partial charge in [-0.3, -0.25) is 4.79 Å². The Morgan fingerprint density at radius 2 is 1.98 bits per heavy atom. The van der Waals surface area contributed by atoms with E-state index in [1.165, 1.54) is 24.0 Å². The molecule has 5 heteroatoms. The number of fused-ring (bicyclic) bond motifs is 4. The standard InChI is InChI=1S/C38H47NO4/c1-4-6-13-31-36-19-18-26-27-17-16-23-14-15-25(32(27)22(23)3)21-29(26)37(36,35(41)42-31)30(9-5-2)38(36)28-12-7-10-24(11-8-20-39)33(28)34(40)43-38/h7,10,12-13,16-17,22-23,25,27,30,32H,4-6,8-9,11,14-15,18-21,39H2,1-3H3/b31-13-/t22-,23+,25-,27-,30-,32-,36+,37-,38+/m0/s1. The van der Waals surface area contributed by atoms with Crippen molar-refractivity contribution in [2.24, 2.45) is 52.1 Å². The number of carbonyl (C=O) groups is 2. The van der Waals surface area contributed by atoms with Crippen molar-refractivity contribution in [1.29, 1.82) is 0 Å². The zero-order chi connectivity index (χ0) is 29.7. The summed E-state index contributed by atoms with van der Waals surface area (Å²) in [7, 11) is 0. The zero-order valence-electron chi connectivity index (χ0n) is 26.1. The molecule has 1 aromatic rings. The number of unbranched alkanes of at least 4 members (excludes halogenated alkanes) is 1. The van der Waals surface area contributed by atoms with Gasteiger partial charge in [0.15, 0.2) is 5.60 Å². The molecular weight excluding hydrogens is 534 g/mol. The van der Waals surface area contributed by atoms with E-state index in [0.29, 0.717) is 36.1 Å². The van der Waals surface area contributed by atoms with Crippen molar-refractivity contribution >= 4 is 11.9 Å². The first-order chi connectivity index (χ1) is 20.9. The van der Waals surface area contributed by atoms with E-state index in [1.807, 2.05) is 0 Å². The van der Waals surface area contributed by atoms with Crippen LogP contribution in [0.25, 0.3) is 0 Å². The molecule has 0 unspecified atom stereocenters. The second kappa shape index (κ2) is 9.67. The summed E-state index contributed by atoms with van der Waals surface area (Å²) >= 11 is 0. The summed E-state index contributed by atoms with van der Waals surface area (Å²) in [6, 6.07) is 6.28. The SMILES string of the molecule is CCC/C=C1\OC(=O)[C@@]23C4=C(CC[C@@]12[C@]1(OC(=O)c2c(CCCN)cccc21)[C@H]3CCC)[C@@H]1C=C[C@H]2CC[C@@H](C4)[C@@H]1[C@H]2C. The first-order valence-electron chi connectivity index (χ1n) is 17.3. The molecule has 1 spiro atoms. The molecule has 0 amide bonds. The highest BCUT2D eigenvalue weighted by Crippen LogP contribution is 2.87. The molecule has 0 aromatic heterocycles. The van der Waals surface area contributed by atoms with E-state index in [1.54, 1.807) is 0 Å². The van der Waals surface area contributed by atoms with E-state index in [2.05, 4.69) is 57.2 Å². The number of rotatable bonds is 7. The fraction of sp³-hybridized carbons (Fsp3) is 0.632. The summed E-state index contributed by atoms with van der Waals surface area (Å²) < 4.78 is 13.4. The van der Waals surface area contributed by atoms with Gasteiger partial charge in [0.05, 0.1) is 11.0 Å². The van der Waals surface area contributed by atoms with E-state index in [4.69, 9.17) is 15.2 Å². The minimum Gasteiger partial charge on any atom is -0.449 e. The minimum absolute atomic E-state index is 0.0742. The lowest BCUT2D eigenvalue weighted by atomic mass is 9.28. The number of benzene rings is 1. The molecule has 43 heavy (non-hydrogen) atoms. The van der Waals surface area contributed by atoms with Crippen LogP contribution in [0, 0.1) is 46.3 Å².